The third-order valence-electron chi connectivity index (χ3n) is 8.31. The van der Waals surface area contributed by atoms with Crippen molar-refractivity contribution in [3.05, 3.63) is 132 Å². The summed E-state index contributed by atoms with van der Waals surface area (Å²) in [5, 5.41) is 6.93. The molecule has 0 saturated heterocycles. The molecule has 4 aromatic carbocycles. The molecule has 0 radical (unpaired) electrons. The summed E-state index contributed by atoms with van der Waals surface area (Å²) in [5.74, 6) is 2.47. The Morgan fingerprint density at radius 2 is 1.62 bits per heavy atom. The minimum atomic E-state index is 0. The Morgan fingerprint density at radius 1 is 0.844 bits per heavy atom. The average molecular weight is 770 g/mol. The van der Waals surface area contributed by atoms with Crippen LogP contribution >= 0.6 is 0 Å². The Hall–Kier alpha value is -4.47. The van der Waals surface area contributed by atoms with Crippen LogP contribution in [0.5, 0.6) is 11.5 Å². The van der Waals surface area contributed by atoms with E-state index in [1.165, 1.54) is 27.8 Å². The van der Waals surface area contributed by atoms with Crippen molar-refractivity contribution in [2.75, 3.05) is 0 Å². The van der Waals surface area contributed by atoms with E-state index in [1.54, 1.807) is 0 Å². The van der Waals surface area contributed by atoms with Crippen LogP contribution in [-0.4, -0.2) is 19.3 Å². The molecule has 226 valence electrons. The van der Waals surface area contributed by atoms with Crippen LogP contribution in [0.2, 0.25) is 0 Å². The Balaban J connectivity index is 0.00000357. The fraction of sp³-hybridized carbons (Fsp3) is 0.179. The van der Waals surface area contributed by atoms with Crippen LogP contribution < -0.4 is 4.74 Å². The minimum absolute atomic E-state index is 0. The van der Waals surface area contributed by atoms with Crippen LogP contribution in [0.15, 0.2) is 97.5 Å². The molecule has 0 aliphatic heterocycles. The van der Waals surface area contributed by atoms with Crippen molar-refractivity contribution < 1.29 is 25.8 Å². The zero-order valence-electron chi connectivity index (χ0n) is 26.0. The molecule has 7 rings (SSSR count). The topological polar surface area (TPSA) is 44.9 Å². The van der Waals surface area contributed by atoms with Gasteiger partial charge in [0.05, 0.1) is 6.20 Å². The number of fused-ring (bicyclic) bond motifs is 3. The summed E-state index contributed by atoms with van der Waals surface area (Å²) in [5.41, 5.74) is 10.2. The molecular formula is C39H34N4OPt. The number of aryl methyl sites for hydroxylation is 3. The number of rotatable bonds is 7. The minimum Gasteiger partial charge on any atom is -0.509 e. The van der Waals surface area contributed by atoms with Gasteiger partial charge in [0.15, 0.2) is 0 Å². The number of pyridine rings is 1. The van der Waals surface area contributed by atoms with Gasteiger partial charge in [0.2, 0.25) is 0 Å². The largest absolute Gasteiger partial charge is 2.00 e. The molecule has 0 aliphatic rings. The Kier molecular flexibility index (Phi) is 8.48. The van der Waals surface area contributed by atoms with Crippen LogP contribution in [0.3, 0.4) is 0 Å². The van der Waals surface area contributed by atoms with Crippen molar-refractivity contribution in [3.63, 3.8) is 0 Å². The predicted molar refractivity (Wildman–Crippen MR) is 178 cm³/mol. The van der Waals surface area contributed by atoms with E-state index < -0.39 is 0 Å². The van der Waals surface area contributed by atoms with Gasteiger partial charge in [-0.3, -0.25) is 4.68 Å². The van der Waals surface area contributed by atoms with Crippen molar-refractivity contribution >= 4 is 21.8 Å². The molecule has 0 bridgehead atoms. The summed E-state index contributed by atoms with van der Waals surface area (Å²) < 4.78 is 10.4. The average Bonchev–Trinajstić information content (AvgIpc) is 3.64. The Bertz CT molecular complexity index is 2130. The van der Waals surface area contributed by atoms with Crippen LogP contribution in [0.25, 0.3) is 44.4 Å². The molecule has 3 heterocycles. The first-order chi connectivity index (χ1) is 21.4. The Morgan fingerprint density at radius 3 is 2.40 bits per heavy atom. The van der Waals surface area contributed by atoms with Gasteiger partial charge in [-0.25, -0.2) is 4.98 Å². The van der Waals surface area contributed by atoms with E-state index in [0.717, 1.165) is 45.3 Å². The number of hydrogen-bond donors (Lipinski definition) is 0. The normalized spacial score (nSPS) is 11.3. The summed E-state index contributed by atoms with van der Waals surface area (Å²) in [6, 6.07) is 34.1. The molecule has 5 nitrogen and oxygen atoms in total. The number of aromatic nitrogens is 4. The maximum Gasteiger partial charge on any atom is 2.00 e. The van der Waals surface area contributed by atoms with Crippen LogP contribution in [0.1, 0.15) is 48.9 Å². The molecule has 45 heavy (non-hydrogen) atoms. The zero-order chi connectivity index (χ0) is 30.4. The first kappa shape index (κ1) is 30.6. The van der Waals surface area contributed by atoms with Gasteiger partial charge in [-0.2, -0.15) is 17.2 Å². The standard InChI is InChI=1S/C39H34N4O.Pt/c1-6-28-18-26(4)39(27(5)19-28)30-23-41-42(24-30)31-10-9-11-32(21-31)44-33-14-15-35-34-12-7-8-13-36(34)43(37(35)22-33)38-20-29(25(2)3)16-17-40-38;/h7-20,23-25H,6H2,1-5H3;/q-2;+2. The van der Waals surface area contributed by atoms with Gasteiger partial charge in [0.25, 0.3) is 0 Å². The van der Waals surface area contributed by atoms with Gasteiger partial charge in [-0.1, -0.05) is 56.6 Å². The van der Waals surface area contributed by atoms with Gasteiger partial charge in [-0.15, -0.1) is 35.7 Å². The third kappa shape index (κ3) is 5.73. The second kappa shape index (κ2) is 12.5. The molecule has 7 aromatic rings. The van der Waals surface area contributed by atoms with Crippen LogP contribution in [0.4, 0.5) is 0 Å². The molecule has 3 aromatic heterocycles. The molecule has 0 aliphatic carbocycles. The smallest absolute Gasteiger partial charge is 0.509 e. The molecule has 6 heteroatoms. The van der Waals surface area contributed by atoms with Gasteiger partial charge in [0, 0.05) is 35.0 Å². The van der Waals surface area contributed by atoms with Gasteiger partial charge < -0.3 is 9.30 Å². The van der Waals surface area contributed by atoms with Crippen molar-refractivity contribution in [2.45, 2.75) is 47.0 Å². The third-order valence-corrected chi connectivity index (χ3v) is 8.31. The van der Waals surface area contributed by atoms with Crippen LogP contribution in [-0.2, 0) is 27.5 Å². The molecule has 0 saturated carbocycles. The van der Waals surface area contributed by atoms with E-state index in [-0.39, 0.29) is 21.1 Å². The molecule has 0 unspecified atom stereocenters. The van der Waals surface area contributed by atoms with E-state index in [4.69, 9.17) is 9.72 Å². The fourth-order valence-electron chi connectivity index (χ4n) is 6.13. The first-order valence-corrected chi connectivity index (χ1v) is 15.2. The number of hydrogen-bond acceptors (Lipinski definition) is 3. The molecule has 0 amide bonds. The summed E-state index contributed by atoms with van der Waals surface area (Å²) in [6.45, 7) is 10.9. The van der Waals surface area contributed by atoms with E-state index >= 15 is 0 Å². The van der Waals surface area contributed by atoms with Crippen molar-refractivity contribution in [3.8, 4) is 34.1 Å². The maximum absolute atomic E-state index is 6.37. The van der Waals surface area contributed by atoms with Gasteiger partial charge in [-0.05, 0) is 83.3 Å². The monoisotopic (exact) mass is 769 g/mol. The second-order valence-corrected chi connectivity index (χ2v) is 11.7. The fourth-order valence-corrected chi connectivity index (χ4v) is 6.13. The van der Waals surface area contributed by atoms with E-state index in [2.05, 4.69) is 117 Å². The molecule has 0 N–H and O–H groups in total. The summed E-state index contributed by atoms with van der Waals surface area (Å²) in [4.78, 5) is 4.75. The molecular weight excluding hydrogens is 736 g/mol. The molecule has 0 fully saturated rings. The number of para-hydroxylation sites is 1. The van der Waals surface area contributed by atoms with Crippen molar-refractivity contribution in [1.82, 2.24) is 19.3 Å². The summed E-state index contributed by atoms with van der Waals surface area (Å²) >= 11 is 0. The summed E-state index contributed by atoms with van der Waals surface area (Å²) in [6.07, 6.45) is 6.89. The van der Waals surface area contributed by atoms with Gasteiger partial charge in [0.1, 0.15) is 5.82 Å². The second-order valence-electron chi connectivity index (χ2n) is 11.7. The number of ether oxygens (including phenoxy) is 1. The first-order valence-electron chi connectivity index (χ1n) is 15.2. The van der Waals surface area contributed by atoms with Crippen LogP contribution in [0, 0.1) is 26.0 Å². The van der Waals surface area contributed by atoms with E-state index in [9.17, 15) is 0 Å². The van der Waals surface area contributed by atoms with E-state index in [1.807, 2.05) is 41.3 Å². The quantitative estimate of drug-likeness (QED) is 0.152. The SMILES string of the molecule is CCc1cc(C)c(-c2cnn(-c3[c-]c(Oc4[c-]c5c(cc4)c4ccccc4n5-c4cc(C(C)C)ccn4)ccc3)c2)c(C)c1.[Pt+2]. The van der Waals surface area contributed by atoms with Gasteiger partial charge >= 0.3 is 21.1 Å². The van der Waals surface area contributed by atoms with Crippen molar-refractivity contribution in [1.29, 1.82) is 0 Å². The maximum atomic E-state index is 6.37. The predicted octanol–water partition coefficient (Wildman–Crippen LogP) is 9.72. The molecule has 0 spiro atoms. The Labute approximate surface area is 278 Å². The van der Waals surface area contributed by atoms with Crippen molar-refractivity contribution in [2.24, 2.45) is 0 Å². The number of benzene rings is 4. The zero-order valence-corrected chi connectivity index (χ0v) is 28.3. The number of nitrogens with zero attached hydrogens (tertiary/aromatic N) is 4. The van der Waals surface area contributed by atoms with E-state index in [0.29, 0.717) is 17.4 Å². The molecule has 0 atom stereocenters. The summed E-state index contributed by atoms with van der Waals surface area (Å²) in [7, 11) is 0.